The van der Waals surface area contributed by atoms with Gasteiger partial charge in [0.15, 0.2) is 0 Å². The van der Waals surface area contributed by atoms with Gasteiger partial charge in [0.1, 0.15) is 0 Å². The number of hydrogen-bond acceptors (Lipinski definition) is 3. The van der Waals surface area contributed by atoms with Crippen LogP contribution in [0.15, 0.2) is 12.1 Å². The highest BCUT2D eigenvalue weighted by Crippen LogP contribution is 2.31. The highest BCUT2D eigenvalue weighted by Gasteiger charge is 2.28. The number of benzene rings is 1. The fourth-order valence-electron chi connectivity index (χ4n) is 2.17. The van der Waals surface area contributed by atoms with E-state index in [4.69, 9.17) is 23.2 Å². The molecule has 0 unspecified atom stereocenters. The summed E-state index contributed by atoms with van der Waals surface area (Å²) in [5.74, 6) is -0.448. The summed E-state index contributed by atoms with van der Waals surface area (Å²) in [5.41, 5.74) is -0.586. The molecule has 1 aromatic rings. The van der Waals surface area contributed by atoms with Crippen molar-refractivity contribution in [1.29, 1.82) is 0 Å². The zero-order valence-corrected chi connectivity index (χ0v) is 13.7. The number of amides is 1. The number of carbonyl (C=O) groups excluding carboxylic acids is 1. The largest absolute Gasteiger partial charge is 0.347 e. The third-order valence-corrected chi connectivity index (χ3v) is 4.68. The predicted octanol–water partition coefficient (Wildman–Crippen LogP) is 4.60. The Bertz CT molecular complexity index is 549. The Hall–Kier alpha value is -1.33. The molecule has 0 saturated heterocycles. The Balaban J connectivity index is 3.21. The van der Waals surface area contributed by atoms with Gasteiger partial charge in [0.2, 0.25) is 0 Å². The highest BCUT2D eigenvalue weighted by molar-refractivity contribution is 6.44. The zero-order chi connectivity index (χ0) is 16.2. The maximum atomic E-state index is 12.4. The molecular formula is C14H18Cl2N2O3. The van der Waals surface area contributed by atoms with Gasteiger partial charge in [-0.15, -0.1) is 0 Å². The molecule has 1 rings (SSSR count). The fourth-order valence-corrected chi connectivity index (χ4v) is 2.58. The van der Waals surface area contributed by atoms with E-state index in [0.717, 1.165) is 31.4 Å². The van der Waals surface area contributed by atoms with E-state index in [2.05, 4.69) is 5.32 Å². The molecule has 0 aliphatic heterocycles. The predicted molar refractivity (Wildman–Crippen MR) is 84.2 cm³/mol. The smallest absolute Gasteiger partial charge is 0.271 e. The van der Waals surface area contributed by atoms with Crippen LogP contribution in [0.25, 0.3) is 0 Å². The van der Waals surface area contributed by atoms with Crippen LogP contribution in [0.4, 0.5) is 5.69 Å². The first-order valence-corrected chi connectivity index (χ1v) is 7.51. The molecule has 21 heavy (non-hydrogen) atoms. The summed E-state index contributed by atoms with van der Waals surface area (Å²) in [6, 6.07) is 2.28. The van der Waals surface area contributed by atoms with Crippen molar-refractivity contribution in [2.45, 2.75) is 45.6 Å². The van der Waals surface area contributed by atoms with Crippen LogP contribution < -0.4 is 5.32 Å². The van der Waals surface area contributed by atoms with Gasteiger partial charge in [0, 0.05) is 17.7 Å². The minimum absolute atomic E-state index is 0.00823. The Labute approximate surface area is 133 Å². The van der Waals surface area contributed by atoms with Crippen molar-refractivity contribution in [2.75, 3.05) is 0 Å². The summed E-state index contributed by atoms with van der Waals surface area (Å²) in [4.78, 5) is 22.7. The van der Waals surface area contributed by atoms with Crippen molar-refractivity contribution in [3.05, 3.63) is 37.9 Å². The van der Waals surface area contributed by atoms with E-state index in [1.807, 2.05) is 20.8 Å². The number of halogens is 2. The lowest BCUT2D eigenvalue weighted by molar-refractivity contribution is -0.384. The molecule has 0 spiro atoms. The topological polar surface area (TPSA) is 72.2 Å². The molecule has 0 heterocycles. The molecule has 0 saturated carbocycles. The second-order valence-electron chi connectivity index (χ2n) is 4.84. The lowest BCUT2D eigenvalue weighted by Crippen LogP contribution is -2.47. The first kappa shape index (κ1) is 17.7. The molecule has 1 N–H and O–H groups in total. The maximum absolute atomic E-state index is 12.4. The minimum atomic E-state index is -0.605. The summed E-state index contributed by atoms with van der Waals surface area (Å²) in [5, 5.41) is 13.8. The molecule has 1 aromatic carbocycles. The lowest BCUT2D eigenvalue weighted by Gasteiger charge is -2.32. The normalized spacial score (nSPS) is 11.3. The van der Waals surface area contributed by atoms with Crippen LogP contribution in [0, 0.1) is 10.1 Å². The first-order valence-electron chi connectivity index (χ1n) is 6.76. The van der Waals surface area contributed by atoms with Gasteiger partial charge in [-0.05, 0) is 19.3 Å². The Morgan fingerprint density at radius 1 is 1.24 bits per heavy atom. The molecule has 116 valence electrons. The van der Waals surface area contributed by atoms with Gasteiger partial charge >= 0.3 is 0 Å². The molecule has 0 radical (unpaired) electrons. The molecule has 0 aliphatic rings. The monoisotopic (exact) mass is 332 g/mol. The Morgan fingerprint density at radius 3 is 2.19 bits per heavy atom. The van der Waals surface area contributed by atoms with Gasteiger partial charge in [-0.25, -0.2) is 0 Å². The molecule has 7 heteroatoms. The molecule has 0 aliphatic carbocycles. The van der Waals surface area contributed by atoms with E-state index >= 15 is 0 Å². The van der Waals surface area contributed by atoms with Crippen molar-refractivity contribution < 1.29 is 9.72 Å². The number of nitrogens with zero attached hydrogens (tertiary/aromatic N) is 1. The van der Waals surface area contributed by atoms with Crippen LogP contribution in [0.1, 0.15) is 50.4 Å². The Morgan fingerprint density at radius 2 is 1.76 bits per heavy atom. The summed E-state index contributed by atoms with van der Waals surface area (Å²) in [7, 11) is 0. The number of nitro benzene ring substituents is 1. The molecule has 0 aromatic heterocycles. The second kappa shape index (κ2) is 7.09. The number of non-ortho nitro benzene ring substituents is 1. The molecule has 5 nitrogen and oxygen atoms in total. The quantitative estimate of drug-likeness (QED) is 0.611. The van der Waals surface area contributed by atoms with E-state index in [1.54, 1.807) is 0 Å². The SMILES string of the molecule is CCC(CC)(CC)NC(=O)c1cc([N+](=O)[O-])cc(Cl)c1Cl. The molecule has 0 atom stereocenters. The van der Waals surface area contributed by atoms with Crippen molar-refractivity contribution in [2.24, 2.45) is 0 Å². The van der Waals surface area contributed by atoms with Gasteiger partial charge in [0.05, 0.1) is 20.5 Å². The van der Waals surface area contributed by atoms with Crippen LogP contribution >= 0.6 is 23.2 Å². The van der Waals surface area contributed by atoms with Crippen LogP contribution in [-0.4, -0.2) is 16.4 Å². The van der Waals surface area contributed by atoms with Crippen LogP contribution in [0.2, 0.25) is 10.0 Å². The summed E-state index contributed by atoms with van der Waals surface area (Å²) >= 11 is 11.9. The van der Waals surface area contributed by atoms with Crippen molar-refractivity contribution >= 4 is 34.8 Å². The van der Waals surface area contributed by atoms with Crippen molar-refractivity contribution in [1.82, 2.24) is 5.32 Å². The highest BCUT2D eigenvalue weighted by atomic mass is 35.5. The van der Waals surface area contributed by atoms with Gasteiger partial charge in [-0.1, -0.05) is 44.0 Å². The number of nitro groups is 1. The fraction of sp³-hybridized carbons (Fsp3) is 0.500. The van der Waals surface area contributed by atoms with Gasteiger partial charge in [-0.3, -0.25) is 14.9 Å². The standard InChI is InChI=1S/C14H18Cl2N2O3/c1-4-14(5-2,6-3)17-13(19)10-7-9(18(20)21)8-11(15)12(10)16/h7-8H,4-6H2,1-3H3,(H,17,19). The molecule has 0 bridgehead atoms. The molecule has 0 fully saturated rings. The zero-order valence-electron chi connectivity index (χ0n) is 12.2. The minimum Gasteiger partial charge on any atom is -0.347 e. The van der Waals surface area contributed by atoms with E-state index in [9.17, 15) is 14.9 Å². The van der Waals surface area contributed by atoms with Crippen molar-refractivity contribution in [3.8, 4) is 0 Å². The first-order chi connectivity index (χ1) is 9.80. The van der Waals surface area contributed by atoms with E-state index in [0.29, 0.717) is 0 Å². The number of rotatable bonds is 6. The number of hydrogen-bond donors (Lipinski definition) is 1. The van der Waals surface area contributed by atoms with E-state index in [-0.39, 0.29) is 26.8 Å². The third kappa shape index (κ3) is 3.86. The number of nitrogens with one attached hydrogen (secondary N) is 1. The number of carbonyl (C=O) groups is 1. The molecule has 1 amide bonds. The second-order valence-corrected chi connectivity index (χ2v) is 5.63. The van der Waals surface area contributed by atoms with Gasteiger partial charge in [-0.2, -0.15) is 0 Å². The summed E-state index contributed by atoms with van der Waals surface area (Å²) in [6.45, 7) is 5.94. The van der Waals surface area contributed by atoms with Gasteiger partial charge in [0.25, 0.3) is 11.6 Å². The van der Waals surface area contributed by atoms with Gasteiger partial charge < -0.3 is 5.32 Å². The average Bonchev–Trinajstić information content (AvgIpc) is 2.47. The molecular weight excluding hydrogens is 315 g/mol. The van der Waals surface area contributed by atoms with Crippen LogP contribution in [-0.2, 0) is 0 Å². The summed E-state index contributed by atoms with van der Waals surface area (Å²) in [6.07, 6.45) is 2.27. The van der Waals surface area contributed by atoms with E-state index < -0.39 is 10.8 Å². The van der Waals surface area contributed by atoms with Crippen LogP contribution in [0.5, 0.6) is 0 Å². The maximum Gasteiger partial charge on any atom is 0.271 e. The Kier molecular flexibility index (Phi) is 5.98. The average molecular weight is 333 g/mol. The summed E-state index contributed by atoms with van der Waals surface area (Å²) < 4.78 is 0. The van der Waals surface area contributed by atoms with Crippen LogP contribution in [0.3, 0.4) is 0 Å². The van der Waals surface area contributed by atoms with Crippen molar-refractivity contribution in [3.63, 3.8) is 0 Å². The van der Waals surface area contributed by atoms with E-state index in [1.165, 1.54) is 0 Å². The third-order valence-electron chi connectivity index (χ3n) is 3.88. The lowest BCUT2D eigenvalue weighted by atomic mass is 9.89.